The van der Waals surface area contributed by atoms with Gasteiger partial charge in [-0.3, -0.25) is 15.6 Å². The first-order valence-electron chi connectivity index (χ1n) is 9.36. The van der Waals surface area contributed by atoms with Gasteiger partial charge >= 0.3 is 0 Å². The Balaban J connectivity index is 1.66. The molecule has 4 rings (SSSR count). The summed E-state index contributed by atoms with van der Waals surface area (Å²) in [6.07, 6.45) is 0.955. The Morgan fingerprint density at radius 2 is 1.65 bits per heavy atom. The van der Waals surface area contributed by atoms with Crippen LogP contribution in [0.1, 0.15) is 23.5 Å². The lowest BCUT2D eigenvalue weighted by molar-refractivity contribution is -0.131. The predicted molar refractivity (Wildman–Crippen MR) is 102 cm³/mol. The second kappa shape index (κ2) is 7.58. The number of fused-ring (bicyclic) bond motifs is 1. The van der Waals surface area contributed by atoms with Crippen LogP contribution in [-0.2, 0) is 4.79 Å². The number of carbonyl (C=O) groups excluding carboxylic acids is 1. The Kier molecular flexibility index (Phi) is 5.02. The van der Waals surface area contributed by atoms with Gasteiger partial charge in [0.25, 0.3) is 0 Å². The van der Waals surface area contributed by atoms with Crippen LogP contribution in [0.15, 0.2) is 60.7 Å². The monoisotopic (exact) mass is 350 g/mol. The van der Waals surface area contributed by atoms with Crippen LogP contribution in [0.4, 0.5) is 0 Å². The summed E-state index contributed by atoms with van der Waals surface area (Å²) >= 11 is 0. The van der Waals surface area contributed by atoms with Gasteiger partial charge in [0.15, 0.2) is 0 Å². The standard InChI is InChI=1S/C21H26N4O/c22-13-19(26)25-12-11-18-17(14-25)21(24-23-18)20(15-7-3-1-4-8-15)16-9-5-2-6-10-16/h1-10,17-18,20-21,23-24H,11-14,22H2. The van der Waals surface area contributed by atoms with Crippen molar-refractivity contribution in [1.82, 2.24) is 15.8 Å². The Morgan fingerprint density at radius 1 is 1.04 bits per heavy atom. The Hall–Kier alpha value is -2.21. The summed E-state index contributed by atoms with van der Waals surface area (Å²) < 4.78 is 0. The van der Waals surface area contributed by atoms with Crippen molar-refractivity contribution in [2.45, 2.75) is 24.4 Å². The van der Waals surface area contributed by atoms with Crippen LogP contribution in [0.3, 0.4) is 0 Å². The Bertz CT molecular complexity index is 697. The largest absolute Gasteiger partial charge is 0.341 e. The molecule has 2 aliphatic heterocycles. The highest BCUT2D eigenvalue weighted by Crippen LogP contribution is 2.37. The van der Waals surface area contributed by atoms with E-state index in [0.717, 1.165) is 19.5 Å². The van der Waals surface area contributed by atoms with Crippen LogP contribution >= 0.6 is 0 Å². The number of hydrogen-bond acceptors (Lipinski definition) is 4. The van der Waals surface area contributed by atoms with Crippen LogP contribution in [-0.4, -0.2) is 42.5 Å². The third-order valence-electron chi connectivity index (χ3n) is 5.76. The summed E-state index contributed by atoms with van der Waals surface area (Å²) in [6, 6.07) is 21.9. The number of likely N-dealkylation sites (tertiary alicyclic amines) is 1. The van der Waals surface area contributed by atoms with E-state index >= 15 is 0 Å². The molecule has 0 aliphatic carbocycles. The van der Waals surface area contributed by atoms with Crippen LogP contribution in [0.25, 0.3) is 0 Å². The molecule has 0 saturated carbocycles. The average molecular weight is 350 g/mol. The number of benzene rings is 2. The summed E-state index contributed by atoms with van der Waals surface area (Å²) in [7, 11) is 0. The summed E-state index contributed by atoms with van der Waals surface area (Å²) in [4.78, 5) is 14.1. The van der Waals surface area contributed by atoms with Gasteiger partial charge in [-0.15, -0.1) is 0 Å². The van der Waals surface area contributed by atoms with Crippen molar-refractivity contribution in [2.75, 3.05) is 19.6 Å². The van der Waals surface area contributed by atoms with Gasteiger partial charge in [0.05, 0.1) is 6.54 Å². The Morgan fingerprint density at radius 3 is 2.23 bits per heavy atom. The number of carbonyl (C=O) groups is 1. The van der Waals surface area contributed by atoms with E-state index in [9.17, 15) is 4.79 Å². The number of hydrogen-bond donors (Lipinski definition) is 3. The second-order valence-corrected chi connectivity index (χ2v) is 7.22. The third kappa shape index (κ3) is 3.26. The highest BCUT2D eigenvalue weighted by Gasteiger charge is 2.44. The molecule has 2 aromatic rings. The fourth-order valence-corrected chi connectivity index (χ4v) is 4.45. The fourth-order valence-electron chi connectivity index (χ4n) is 4.45. The van der Waals surface area contributed by atoms with Gasteiger partial charge in [0.1, 0.15) is 0 Å². The SMILES string of the molecule is NCC(=O)N1CCC2NNC(C(c3ccccc3)c3ccccc3)C2C1. The van der Waals surface area contributed by atoms with E-state index in [2.05, 4.69) is 71.5 Å². The van der Waals surface area contributed by atoms with Crippen LogP contribution < -0.4 is 16.6 Å². The fraction of sp³-hybridized carbons (Fsp3) is 0.381. The maximum absolute atomic E-state index is 12.1. The Labute approximate surface area is 154 Å². The van der Waals surface area contributed by atoms with E-state index < -0.39 is 0 Å². The van der Waals surface area contributed by atoms with Crippen LogP contribution in [0, 0.1) is 5.92 Å². The van der Waals surface area contributed by atoms with Gasteiger partial charge in [-0.2, -0.15) is 0 Å². The summed E-state index contributed by atoms with van der Waals surface area (Å²) in [6.45, 7) is 1.62. The number of hydrazine groups is 1. The van der Waals surface area contributed by atoms with Crippen molar-refractivity contribution in [3.63, 3.8) is 0 Å². The summed E-state index contributed by atoms with van der Waals surface area (Å²) in [5.41, 5.74) is 15.2. The van der Waals surface area contributed by atoms with Gasteiger partial charge in [0.2, 0.25) is 5.91 Å². The summed E-state index contributed by atoms with van der Waals surface area (Å²) in [5.74, 6) is 0.627. The maximum Gasteiger partial charge on any atom is 0.236 e. The maximum atomic E-state index is 12.1. The minimum atomic E-state index is 0.0464. The van der Waals surface area contributed by atoms with Crippen molar-refractivity contribution in [3.8, 4) is 0 Å². The minimum Gasteiger partial charge on any atom is -0.341 e. The first kappa shape index (κ1) is 17.2. The lowest BCUT2D eigenvalue weighted by Crippen LogP contribution is -2.50. The zero-order valence-electron chi connectivity index (χ0n) is 14.8. The van der Waals surface area contributed by atoms with Crippen molar-refractivity contribution >= 4 is 5.91 Å². The molecule has 4 N–H and O–H groups in total. The highest BCUT2D eigenvalue weighted by atomic mass is 16.2. The number of nitrogens with zero attached hydrogens (tertiary/aromatic N) is 1. The number of nitrogens with one attached hydrogen (secondary N) is 2. The molecular weight excluding hydrogens is 324 g/mol. The molecule has 2 heterocycles. The van der Waals surface area contributed by atoms with Crippen molar-refractivity contribution in [1.29, 1.82) is 0 Å². The summed E-state index contributed by atoms with van der Waals surface area (Å²) in [5, 5.41) is 0. The smallest absolute Gasteiger partial charge is 0.236 e. The number of nitrogens with two attached hydrogens (primary N) is 1. The second-order valence-electron chi connectivity index (χ2n) is 7.22. The number of amides is 1. The quantitative estimate of drug-likeness (QED) is 0.781. The van der Waals surface area contributed by atoms with E-state index in [1.54, 1.807) is 0 Å². The molecule has 5 heteroatoms. The van der Waals surface area contributed by atoms with Gasteiger partial charge in [-0.05, 0) is 17.5 Å². The van der Waals surface area contributed by atoms with E-state index in [0.29, 0.717) is 12.0 Å². The number of rotatable bonds is 4. The molecule has 0 aromatic heterocycles. The van der Waals surface area contributed by atoms with Crippen LogP contribution in [0.2, 0.25) is 0 Å². The van der Waals surface area contributed by atoms with Crippen molar-refractivity contribution in [3.05, 3.63) is 71.8 Å². The van der Waals surface area contributed by atoms with E-state index in [-0.39, 0.29) is 24.4 Å². The zero-order valence-corrected chi connectivity index (χ0v) is 14.8. The minimum absolute atomic E-state index is 0.0464. The molecule has 5 nitrogen and oxygen atoms in total. The van der Waals surface area contributed by atoms with Crippen LogP contribution in [0.5, 0.6) is 0 Å². The zero-order chi connectivity index (χ0) is 17.9. The first-order valence-corrected chi connectivity index (χ1v) is 9.36. The molecule has 0 spiro atoms. The lowest BCUT2D eigenvalue weighted by Gasteiger charge is -2.38. The average Bonchev–Trinajstić information content (AvgIpc) is 3.12. The molecule has 26 heavy (non-hydrogen) atoms. The molecule has 1 amide bonds. The van der Waals surface area contributed by atoms with Gasteiger partial charge in [0, 0.05) is 37.0 Å². The van der Waals surface area contributed by atoms with E-state index in [4.69, 9.17) is 5.73 Å². The molecule has 136 valence electrons. The van der Waals surface area contributed by atoms with Crippen molar-refractivity contribution < 1.29 is 4.79 Å². The lowest BCUT2D eigenvalue weighted by atomic mass is 9.76. The van der Waals surface area contributed by atoms with Gasteiger partial charge < -0.3 is 10.6 Å². The normalized spacial score (nSPS) is 25.3. The molecule has 3 unspecified atom stereocenters. The topological polar surface area (TPSA) is 70.4 Å². The first-order chi connectivity index (χ1) is 12.8. The van der Waals surface area contributed by atoms with E-state index in [1.807, 2.05) is 4.90 Å². The molecule has 0 bridgehead atoms. The third-order valence-corrected chi connectivity index (χ3v) is 5.76. The molecule has 2 saturated heterocycles. The van der Waals surface area contributed by atoms with Crippen molar-refractivity contribution in [2.24, 2.45) is 11.7 Å². The number of piperidine rings is 1. The molecular formula is C21H26N4O. The molecule has 2 fully saturated rings. The molecule has 3 atom stereocenters. The van der Waals surface area contributed by atoms with E-state index in [1.165, 1.54) is 11.1 Å². The molecule has 2 aromatic carbocycles. The predicted octanol–water partition coefficient (Wildman–Crippen LogP) is 1.47. The molecule has 0 radical (unpaired) electrons. The van der Waals surface area contributed by atoms with Gasteiger partial charge in [-0.1, -0.05) is 60.7 Å². The highest BCUT2D eigenvalue weighted by molar-refractivity contribution is 5.78. The molecule has 2 aliphatic rings. The van der Waals surface area contributed by atoms with Gasteiger partial charge in [-0.25, -0.2) is 0 Å².